The largest absolute Gasteiger partial charge is 0.384 e. The van der Waals surface area contributed by atoms with Crippen LogP contribution in [0.25, 0.3) is 0 Å². The Balaban J connectivity index is 1.56. The molecule has 4 N–H and O–H groups in total. The Hall–Kier alpha value is -2.51. The highest BCUT2D eigenvalue weighted by Crippen LogP contribution is 2.35. The van der Waals surface area contributed by atoms with E-state index in [1.54, 1.807) is 10.4 Å². The van der Waals surface area contributed by atoms with E-state index >= 15 is 4.39 Å². The van der Waals surface area contributed by atoms with Crippen molar-refractivity contribution < 1.29 is 31.1 Å². The van der Waals surface area contributed by atoms with Gasteiger partial charge in [-0.3, -0.25) is 9.18 Å². The molecule has 2 bridgehead atoms. The van der Waals surface area contributed by atoms with Gasteiger partial charge in [-0.2, -0.15) is 4.31 Å². The van der Waals surface area contributed by atoms with Gasteiger partial charge in [-0.05, 0) is 68.4 Å². The summed E-state index contributed by atoms with van der Waals surface area (Å²) in [5.41, 5.74) is 6.36. The molecule has 3 unspecified atom stereocenters. The van der Waals surface area contributed by atoms with Gasteiger partial charge < -0.3 is 21.1 Å². The summed E-state index contributed by atoms with van der Waals surface area (Å²) < 4.78 is 74.8. The summed E-state index contributed by atoms with van der Waals surface area (Å²) in [7, 11) is -1.96. The van der Waals surface area contributed by atoms with Crippen molar-refractivity contribution in [1.29, 1.82) is 0 Å². The number of methoxy groups -OCH3 is 1. The first-order valence-electron chi connectivity index (χ1n) is 14.0. The maximum Gasteiger partial charge on any atom is 0.242 e. The molecular weight excluding hydrogens is 557 g/mol. The van der Waals surface area contributed by atoms with Crippen molar-refractivity contribution in [2.24, 2.45) is 5.73 Å². The number of halogens is 3. The second kappa shape index (κ2) is 13.6. The molecule has 2 aromatic rings. The molecule has 41 heavy (non-hydrogen) atoms. The predicted octanol–water partition coefficient (Wildman–Crippen LogP) is 3.26. The Morgan fingerprint density at radius 2 is 2.00 bits per heavy atom. The highest BCUT2D eigenvalue weighted by Gasteiger charge is 2.43. The number of rotatable bonds is 12. The van der Waals surface area contributed by atoms with Crippen molar-refractivity contribution in [2.45, 2.75) is 62.1 Å². The third-order valence-corrected chi connectivity index (χ3v) is 10.3. The number of fused-ring (bicyclic) bond motifs is 2. The molecule has 1 amide bonds. The Morgan fingerprint density at radius 1 is 1.24 bits per heavy atom. The van der Waals surface area contributed by atoms with Crippen LogP contribution >= 0.6 is 0 Å². The highest BCUT2D eigenvalue weighted by atomic mass is 32.2. The topological polar surface area (TPSA) is 114 Å². The van der Waals surface area contributed by atoms with Crippen LogP contribution in [0.5, 0.6) is 0 Å². The number of hydrogen-bond donors (Lipinski definition) is 3. The molecule has 2 aromatic carbocycles. The van der Waals surface area contributed by atoms with Crippen molar-refractivity contribution in [1.82, 2.24) is 9.62 Å². The van der Waals surface area contributed by atoms with Crippen molar-refractivity contribution in [3.8, 4) is 0 Å². The van der Waals surface area contributed by atoms with Gasteiger partial charge in [-0.25, -0.2) is 17.2 Å². The molecule has 5 atom stereocenters. The Labute approximate surface area is 239 Å². The summed E-state index contributed by atoms with van der Waals surface area (Å²) in [6, 6.07) is 8.37. The number of sulfonamides is 1. The molecule has 0 saturated carbocycles. The van der Waals surface area contributed by atoms with Crippen molar-refractivity contribution in [3.63, 3.8) is 0 Å². The zero-order valence-corrected chi connectivity index (χ0v) is 24.1. The van der Waals surface area contributed by atoms with E-state index in [0.29, 0.717) is 31.5 Å². The molecule has 2 heterocycles. The molecule has 12 heteroatoms. The monoisotopic (exact) mass is 596 g/mol. The van der Waals surface area contributed by atoms with E-state index in [-0.39, 0.29) is 55.0 Å². The molecule has 2 aliphatic heterocycles. The van der Waals surface area contributed by atoms with Crippen LogP contribution in [0.4, 0.5) is 18.9 Å². The fourth-order valence-corrected chi connectivity index (χ4v) is 7.90. The predicted molar refractivity (Wildman–Crippen MR) is 152 cm³/mol. The third-order valence-electron chi connectivity index (χ3n) is 8.32. The van der Waals surface area contributed by atoms with Crippen molar-refractivity contribution in [3.05, 3.63) is 65.2 Å². The van der Waals surface area contributed by atoms with Crippen LogP contribution < -0.4 is 16.4 Å². The first-order chi connectivity index (χ1) is 19.6. The van der Waals surface area contributed by atoms with E-state index in [2.05, 4.69) is 10.6 Å². The standard InChI is InChI=1S/C29H39F3N4O4S/c1-40-19-29(14-4-15-30,20-8-10-21(31)11-9-20)27(33)28(37)35-26-7-2-6-25(32)24(26)13-12-23-17-34-22-5-3-16-41(38,39)36(23)18-22/h2,6-11,22-23,27,34H,3-5,12-19,33H2,1H3,(H,35,37)/t22?,23-,27+,29?/m0/s1. The lowest BCUT2D eigenvalue weighted by molar-refractivity contribution is -0.119. The lowest BCUT2D eigenvalue weighted by Crippen LogP contribution is -2.57. The molecule has 0 aromatic heterocycles. The highest BCUT2D eigenvalue weighted by molar-refractivity contribution is 7.89. The summed E-state index contributed by atoms with van der Waals surface area (Å²) >= 11 is 0. The van der Waals surface area contributed by atoms with Gasteiger partial charge in [0.05, 0.1) is 25.1 Å². The van der Waals surface area contributed by atoms with Gasteiger partial charge in [0.25, 0.3) is 0 Å². The van der Waals surface area contributed by atoms with Crippen molar-refractivity contribution in [2.75, 3.05) is 44.6 Å². The van der Waals surface area contributed by atoms with E-state index in [0.717, 1.165) is 6.42 Å². The summed E-state index contributed by atoms with van der Waals surface area (Å²) in [5, 5.41) is 6.16. The summed E-state index contributed by atoms with van der Waals surface area (Å²) in [6.07, 6.45) is 2.19. The van der Waals surface area contributed by atoms with Gasteiger partial charge >= 0.3 is 0 Å². The van der Waals surface area contributed by atoms with Crippen LogP contribution in [0.15, 0.2) is 42.5 Å². The SMILES string of the molecule is COCC(CCCF)(c1ccc(F)cc1)[C@H](N)C(=O)Nc1cccc(F)c1CC[C@H]1CNC2CCCS(=O)(=O)N1C2. The van der Waals surface area contributed by atoms with E-state index in [4.69, 9.17) is 10.5 Å². The lowest BCUT2D eigenvalue weighted by atomic mass is 9.71. The van der Waals surface area contributed by atoms with Gasteiger partial charge in [-0.1, -0.05) is 18.2 Å². The average Bonchev–Trinajstić information content (AvgIpc) is 3.06. The summed E-state index contributed by atoms with van der Waals surface area (Å²) in [5.74, 6) is -1.53. The fourth-order valence-electron chi connectivity index (χ4n) is 6.09. The van der Waals surface area contributed by atoms with Gasteiger partial charge in [0.15, 0.2) is 0 Å². The zero-order chi connectivity index (χ0) is 29.6. The second-order valence-electron chi connectivity index (χ2n) is 10.9. The Morgan fingerprint density at radius 3 is 2.71 bits per heavy atom. The quantitative estimate of drug-likeness (QED) is 0.347. The van der Waals surface area contributed by atoms with E-state index in [9.17, 15) is 22.0 Å². The maximum absolute atomic E-state index is 15.1. The summed E-state index contributed by atoms with van der Waals surface area (Å²) in [4.78, 5) is 13.6. The molecule has 226 valence electrons. The lowest BCUT2D eigenvalue weighted by Gasteiger charge is -2.38. The number of nitrogens with one attached hydrogen (secondary N) is 2. The normalized spacial score (nSPS) is 24.2. The van der Waals surface area contributed by atoms with Crippen LogP contribution in [-0.2, 0) is 31.4 Å². The molecule has 2 fully saturated rings. The molecule has 0 radical (unpaired) electrons. The average molecular weight is 597 g/mol. The first kappa shape index (κ1) is 31.4. The van der Waals surface area contributed by atoms with E-state index in [1.807, 2.05) is 0 Å². The van der Waals surface area contributed by atoms with Crippen molar-refractivity contribution >= 4 is 21.6 Å². The number of hydrogen-bond acceptors (Lipinski definition) is 6. The molecule has 4 rings (SSSR count). The number of anilines is 1. The van der Waals surface area contributed by atoms with Crippen LogP contribution in [-0.4, -0.2) is 76.0 Å². The van der Waals surface area contributed by atoms with Crippen LogP contribution in [0.1, 0.15) is 43.2 Å². The minimum Gasteiger partial charge on any atom is -0.384 e. The number of benzene rings is 2. The smallest absolute Gasteiger partial charge is 0.242 e. The molecular formula is C29H39F3N4O4S. The van der Waals surface area contributed by atoms with Crippen LogP contribution in [0, 0.1) is 11.6 Å². The number of carbonyl (C=O) groups is 1. The third kappa shape index (κ3) is 7.11. The maximum atomic E-state index is 15.1. The number of nitrogens with zero attached hydrogens (tertiary/aromatic N) is 1. The number of ether oxygens (including phenoxy) is 1. The zero-order valence-electron chi connectivity index (χ0n) is 23.3. The Kier molecular flexibility index (Phi) is 10.5. The van der Waals surface area contributed by atoms with Gasteiger partial charge in [0, 0.05) is 48.9 Å². The Bertz CT molecular complexity index is 1300. The van der Waals surface area contributed by atoms with E-state index in [1.165, 1.54) is 43.5 Å². The van der Waals surface area contributed by atoms with Crippen LogP contribution in [0.2, 0.25) is 0 Å². The number of amides is 1. The molecule has 0 aliphatic carbocycles. The summed E-state index contributed by atoms with van der Waals surface area (Å²) in [6.45, 7) is 0.199. The van der Waals surface area contributed by atoms with Gasteiger partial charge in [0.2, 0.25) is 15.9 Å². The number of nitrogens with two attached hydrogens (primary N) is 1. The fraction of sp³-hybridized carbons (Fsp3) is 0.552. The number of alkyl halides is 1. The number of piperazine rings is 1. The first-order valence-corrected chi connectivity index (χ1v) is 15.6. The molecule has 0 spiro atoms. The van der Waals surface area contributed by atoms with Gasteiger partial charge in [-0.15, -0.1) is 0 Å². The molecule has 2 saturated heterocycles. The number of carbonyl (C=O) groups excluding carboxylic acids is 1. The van der Waals surface area contributed by atoms with E-state index < -0.39 is 45.7 Å². The molecule has 2 aliphatic rings. The molecule has 8 nitrogen and oxygen atoms in total. The minimum absolute atomic E-state index is 0.0246. The van der Waals surface area contributed by atoms with Gasteiger partial charge in [0.1, 0.15) is 11.6 Å². The second-order valence-corrected chi connectivity index (χ2v) is 13.0. The minimum atomic E-state index is -3.40. The van der Waals surface area contributed by atoms with Crippen LogP contribution in [0.3, 0.4) is 0 Å².